The fourth-order valence-corrected chi connectivity index (χ4v) is 3.08. The lowest BCUT2D eigenvalue weighted by Gasteiger charge is -2.35. The quantitative estimate of drug-likeness (QED) is 0.638. The Morgan fingerprint density at radius 1 is 1.18 bits per heavy atom. The predicted molar refractivity (Wildman–Crippen MR) is 76.2 cm³/mol. The molecule has 0 heterocycles. The summed E-state index contributed by atoms with van der Waals surface area (Å²) >= 11 is 0. The largest absolute Gasteiger partial charge is 0.330 e. The molecule has 0 saturated heterocycles. The normalized spacial score (nSPS) is 21.4. The van der Waals surface area contributed by atoms with Gasteiger partial charge in [-0.15, -0.1) is 0 Å². The molecular weight excluding hydrogens is 208 g/mol. The van der Waals surface area contributed by atoms with Gasteiger partial charge in [0, 0.05) is 5.54 Å². The van der Waals surface area contributed by atoms with Gasteiger partial charge in [0.15, 0.2) is 0 Å². The van der Waals surface area contributed by atoms with E-state index in [1.807, 2.05) is 0 Å². The van der Waals surface area contributed by atoms with Gasteiger partial charge in [0.25, 0.3) is 0 Å². The lowest BCUT2D eigenvalue weighted by molar-refractivity contribution is 0.250. The summed E-state index contributed by atoms with van der Waals surface area (Å²) in [4.78, 5) is 0. The number of nitrogens with one attached hydrogen (secondary N) is 1. The molecule has 0 radical (unpaired) electrons. The van der Waals surface area contributed by atoms with Gasteiger partial charge >= 0.3 is 0 Å². The molecular formula is C15H32N2. The molecule has 17 heavy (non-hydrogen) atoms. The minimum atomic E-state index is 0.438. The van der Waals surface area contributed by atoms with Crippen LogP contribution in [0.1, 0.15) is 71.6 Å². The summed E-state index contributed by atoms with van der Waals surface area (Å²) in [5.74, 6) is 0.848. The molecule has 102 valence electrons. The summed E-state index contributed by atoms with van der Waals surface area (Å²) in [7, 11) is 0. The highest BCUT2D eigenvalue weighted by molar-refractivity contribution is 4.85. The summed E-state index contributed by atoms with van der Waals surface area (Å²) in [5, 5.41) is 3.79. The molecule has 0 aliphatic heterocycles. The summed E-state index contributed by atoms with van der Waals surface area (Å²) < 4.78 is 0. The Hall–Kier alpha value is -0.0800. The molecule has 1 aliphatic rings. The Morgan fingerprint density at radius 3 is 2.47 bits per heavy atom. The van der Waals surface area contributed by atoms with Gasteiger partial charge < -0.3 is 11.1 Å². The second-order valence-electron chi connectivity index (χ2n) is 6.04. The highest BCUT2D eigenvalue weighted by atomic mass is 15.0. The standard InChI is InChI=1S/C15H32N2/c1-3-14(9-12-16)8-7-13-17-15(2)10-5-4-6-11-15/h14,17H,3-13,16H2,1-2H3. The van der Waals surface area contributed by atoms with Crippen molar-refractivity contribution >= 4 is 0 Å². The Morgan fingerprint density at radius 2 is 1.88 bits per heavy atom. The summed E-state index contributed by atoms with van der Waals surface area (Å²) in [6.45, 7) is 6.74. The molecule has 0 aromatic carbocycles. The van der Waals surface area contributed by atoms with Crippen molar-refractivity contribution in [3.63, 3.8) is 0 Å². The van der Waals surface area contributed by atoms with Crippen LogP contribution in [0, 0.1) is 5.92 Å². The van der Waals surface area contributed by atoms with E-state index >= 15 is 0 Å². The van der Waals surface area contributed by atoms with Crippen molar-refractivity contribution in [2.45, 2.75) is 77.2 Å². The molecule has 1 saturated carbocycles. The van der Waals surface area contributed by atoms with E-state index in [0.717, 1.165) is 12.5 Å². The van der Waals surface area contributed by atoms with Crippen molar-refractivity contribution in [3.05, 3.63) is 0 Å². The lowest BCUT2D eigenvalue weighted by atomic mass is 9.83. The maximum atomic E-state index is 5.63. The average Bonchev–Trinajstić information content (AvgIpc) is 2.34. The van der Waals surface area contributed by atoms with E-state index in [1.165, 1.54) is 64.3 Å². The fraction of sp³-hybridized carbons (Fsp3) is 1.00. The van der Waals surface area contributed by atoms with E-state index in [2.05, 4.69) is 19.2 Å². The maximum absolute atomic E-state index is 5.63. The zero-order valence-corrected chi connectivity index (χ0v) is 11.9. The summed E-state index contributed by atoms with van der Waals surface area (Å²) in [6.07, 6.45) is 12.1. The van der Waals surface area contributed by atoms with Crippen LogP contribution in [0.2, 0.25) is 0 Å². The highest BCUT2D eigenvalue weighted by Gasteiger charge is 2.25. The topological polar surface area (TPSA) is 38.0 Å². The third kappa shape index (κ3) is 5.87. The minimum Gasteiger partial charge on any atom is -0.330 e. The third-order valence-electron chi connectivity index (χ3n) is 4.45. The van der Waals surface area contributed by atoms with Gasteiger partial charge in [-0.05, 0) is 58.0 Å². The average molecular weight is 240 g/mol. The molecule has 1 unspecified atom stereocenters. The van der Waals surface area contributed by atoms with Crippen LogP contribution in [-0.4, -0.2) is 18.6 Å². The zero-order chi connectivity index (χ0) is 12.6. The van der Waals surface area contributed by atoms with Gasteiger partial charge in [-0.1, -0.05) is 32.6 Å². The van der Waals surface area contributed by atoms with E-state index in [4.69, 9.17) is 5.73 Å². The summed E-state index contributed by atoms with van der Waals surface area (Å²) in [6, 6.07) is 0. The number of nitrogens with two attached hydrogens (primary N) is 1. The van der Waals surface area contributed by atoms with Crippen molar-refractivity contribution in [1.82, 2.24) is 5.32 Å². The maximum Gasteiger partial charge on any atom is 0.0153 e. The van der Waals surface area contributed by atoms with Crippen molar-refractivity contribution < 1.29 is 0 Å². The molecule has 2 nitrogen and oxygen atoms in total. The molecule has 0 aromatic rings. The third-order valence-corrected chi connectivity index (χ3v) is 4.45. The van der Waals surface area contributed by atoms with Gasteiger partial charge in [-0.2, -0.15) is 0 Å². The molecule has 0 amide bonds. The molecule has 1 aliphatic carbocycles. The first-order valence-corrected chi connectivity index (χ1v) is 7.65. The van der Waals surface area contributed by atoms with Crippen LogP contribution >= 0.6 is 0 Å². The fourth-order valence-electron chi connectivity index (χ4n) is 3.08. The number of hydrogen-bond donors (Lipinski definition) is 2. The van der Waals surface area contributed by atoms with E-state index in [-0.39, 0.29) is 0 Å². The molecule has 0 spiro atoms. The molecule has 0 bridgehead atoms. The van der Waals surface area contributed by atoms with E-state index in [9.17, 15) is 0 Å². The summed E-state index contributed by atoms with van der Waals surface area (Å²) in [5.41, 5.74) is 6.07. The second-order valence-corrected chi connectivity index (χ2v) is 6.04. The van der Waals surface area contributed by atoms with Crippen molar-refractivity contribution in [2.75, 3.05) is 13.1 Å². The SMILES string of the molecule is CCC(CCN)CCCNC1(C)CCCCC1. The molecule has 3 N–H and O–H groups in total. The number of hydrogen-bond acceptors (Lipinski definition) is 2. The molecule has 2 heteroatoms. The Kier molecular flexibility index (Phi) is 7.14. The first kappa shape index (κ1) is 15.0. The molecule has 0 aromatic heterocycles. The van der Waals surface area contributed by atoms with E-state index in [0.29, 0.717) is 5.54 Å². The molecule has 1 atom stereocenters. The van der Waals surface area contributed by atoms with Gasteiger partial charge in [-0.3, -0.25) is 0 Å². The van der Waals surface area contributed by atoms with Crippen LogP contribution < -0.4 is 11.1 Å². The van der Waals surface area contributed by atoms with Gasteiger partial charge in [0.1, 0.15) is 0 Å². The Balaban J connectivity index is 2.09. The van der Waals surface area contributed by atoms with E-state index < -0.39 is 0 Å². The van der Waals surface area contributed by atoms with Gasteiger partial charge in [0.05, 0.1) is 0 Å². The van der Waals surface area contributed by atoms with Gasteiger partial charge in [0.2, 0.25) is 0 Å². The lowest BCUT2D eigenvalue weighted by Crippen LogP contribution is -2.44. The molecule has 1 rings (SSSR count). The minimum absolute atomic E-state index is 0.438. The predicted octanol–water partition coefficient (Wildman–Crippen LogP) is 3.45. The van der Waals surface area contributed by atoms with Crippen LogP contribution in [0.3, 0.4) is 0 Å². The van der Waals surface area contributed by atoms with Crippen molar-refractivity contribution in [3.8, 4) is 0 Å². The van der Waals surface area contributed by atoms with Crippen LogP contribution in [0.4, 0.5) is 0 Å². The first-order chi connectivity index (χ1) is 8.20. The first-order valence-electron chi connectivity index (χ1n) is 7.65. The van der Waals surface area contributed by atoms with Crippen LogP contribution in [0.5, 0.6) is 0 Å². The monoisotopic (exact) mass is 240 g/mol. The van der Waals surface area contributed by atoms with Crippen LogP contribution in [0.15, 0.2) is 0 Å². The molecule has 1 fully saturated rings. The van der Waals surface area contributed by atoms with E-state index in [1.54, 1.807) is 0 Å². The second kappa shape index (κ2) is 8.10. The highest BCUT2D eigenvalue weighted by Crippen LogP contribution is 2.27. The Labute approximate surface area is 108 Å². The Bertz CT molecular complexity index is 185. The van der Waals surface area contributed by atoms with Crippen LogP contribution in [-0.2, 0) is 0 Å². The zero-order valence-electron chi connectivity index (χ0n) is 11.9. The smallest absolute Gasteiger partial charge is 0.0153 e. The number of rotatable bonds is 8. The van der Waals surface area contributed by atoms with Crippen molar-refractivity contribution in [1.29, 1.82) is 0 Å². The van der Waals surface area contributed by atoms with Gasteiger partial charge in [-0.25, -0.2) is 0 Å². The van der Waals surface area contributed by atoms with Crippen molar-refractivity contribution in [2.24, 2.45) is 11.7 Å². The van der Waals surface area contributed by atoms with Crippen LogP contribution in [0.25, 0.3) is 0 Å².